The van der Waals surface area contributed by atoms with Gasteiger partial charge in [0.05, 0.1) is 11.2 Å². The zero-order valence-corrected chi connectivity index (χ0v) is 12.1. The van der Waals surface area contributed by atoms with Crippen molar-refractivity contribution in [2.45, 2.75) is 38.1 Å². The molecule has 2 aromatic rings. The molecule has 0 saturated heterocycles. The van der Waals surface area contributed by atoms with Crippen LogP contribution < -0.4 is 4.90 Å². The van der Waals surface area contributed by atoms with Gasteiger partial charge < -0.3 is 10.0 Å². The van der Waals surface area contributed by atoms with Crippen molar-refractivity contribution in [1.82, 2.24) is 10.2 Å². The number of carbonyl (C=O) groups is 1. The fraction of sp³-hybridized carbons (Fsp3) is 0.438. The fourth-order valence-corrected chi connectivity index (χ4v) is 3.19. The summed E-state index contributed by atoms with van der Waals surface area (Å²) in [6.07, 6.45) is 5.88. The Morgan fingerprint density at radius 1 is 1.19 bits per heavy atom. The SMILES string of the molecule is CN(c1c(C(=O)O)nnc2ccccc12)C1CCCCC1. The van der Waals surface area contributed by atoms with Gasteiger partial charge in [-0.1, -0.05) is 37.5 Å². The Hall–Kier alpha value is -2.17. The van der Waals surface area contributed by atoms with Crippen LogP contribution in [0.1, 0.15) is 42.6 Å². The van der Waals surface area contributed by atoms with Gasteiger partial charge in [0, 0.05) is 18.5 Å². The summed E-state index contributed by atoms with van der Waals surface area (Å²) in [6, 6.07) is 7.97. The number of rotatable bonds is 3. The van der Waals surface area contributed by atoms with Gasteiger partial charge in [-0.25, -0.2) is 4.79 Å². The van der Waals surface area contributed by atoms with Gasteiger partial charge in [0.15, 0.2) is 5.69 Å². The van der Waals surface area contributed by atoms with E-state index in [0.29, 0.717) is 11.7 Å². The third kappa shape index (κ3) is 2.55. The molecule has 1 N–H and O–H groups in total. The van der Waals surface area contributed by atoms with Crippen LogP contribution in [0, 0.1) is 0 Å². The number of nitrogens with zero attached hydrogens (tertiary/aromatic N) is 3. The highest BCUT2D eigenvalue weighted by molar-refractivity contribution is 6.02. The van der Waals surface area contributed by atoms with Crippen LogP contribution in [0.15, 0.2) is 24.3 Å². The first-order valence-corrected chi connectivity index (χ1v) is 7.40. The van der Waals surface area contributed by atoms with Crippen molar-refractivity contribution in [3.63, 3.8) is 0 Å². The number of fused-ring (bicyclic) bond motifs is 1. The molecule has 5 heteroatoms. The molecule has 1 heterocycles. The predicted molar refractivity (Wildman–Crippen MR) is 81.8 cm³/mol. The highest BCUT2D eigenvalue weighted by atomic mass is 16.4. The number of aromatic carboxylic acids is 1. The van der Waals surface area contributed by atoms with E-state index in [1.54, 1.807) is 0 Å². The minimum atomic E-state index is -1.02. The molecule has 0 radical (unpaired) electrons. The van der Waals surface area contributed by atoms with Crippen LogP contribution in [-0.4, -0.2) is 34.4 Å². The molecule has 3 rings (SSSR count). The van der Waals surface area contributed by atoms with E-state index in [-0.39, 0.29) is 5.69 Å². The van der Waals surface area contributed by atoms with Crippen LogP contribution >= 0.6 is 0 Å². The molecule has 0 bridgehead atoms. The molecule has 1 aromatic carbocycles. The molecule has 21 heavy (non-hydrogen) atoms. The van der Waals surface area contributed by atoms with Gasteiger partial charge in [0.25, 0.3) is 0 Å². The molecule has 1 aliphatic carbocycles. The summed E-state index contributed by atoms with van der Waals surface area (Å²) >= 11 is 0. The van der Waals surface area contributed by atoms with Gasteiger partial charge in [0.1, 0.15) is 0 Å². The lowest BCUT2D eigenvalue weighted by molar-refractivity contribution is 0.0690. The van der Waals surface area contributed by atoms with Crippen LogP contribution in [-0.2, 0) is 0 Å². The third-order valence-corrected chi connectivity index (χ3v) is 4.32. The maximum absolute atomic E-state index is 11.5. The number of carboxylic acid groups (broad SMARTS) is 1. The number of hydrogen-bond acceptors (Lipinski definition) is 4. The average molecular weight is 285 g/mol. The van der Waals surface area contributed by atoms with E-state index >= 15 is 0 Å². The van der Waals surface area contributed by atoms with Gasteiger partial charge >= 0.3 is 5.97 Å². The van der Waals surface area contributed by atoms with Crippen molar-refractivity contribution < 1.29 is 9.90 Å². The Kier molecular flexibility index (Phi) is 3.73. The van der Waals surface area contributed by atoms with Gasteiger partial charge in [-0.3, -0.25) is 0 Å². The molecular weight excluding hydrogens is 266 g/mol. The largest absolute Gasteiger partial charge is 0.476 e. The molecule has 0 unspecified atom stereocenters. The standard InChI is InChI=1S/C16H19N3O2/c1-19(11-7-3-2-4-8-11)15-12-9-5-6-10-13(12)17-18-14(15)16(20)21/h5-6,9-11H,2-4,7-8H2,1H3,(H,20,21). The number of benzene rings is 1. The third-order valence-electron chi connectivity index (χ3n) is 4.32. The van der Waals surface area contributed by atoms with Crippen LogP contribution in [0.2, 0.25) is 0 Å². The molecule has 0 atom stereocenters. The number of carboxylic acids is 1. The average Bonchev–Trinajstić information content (AvgIpc) is 2.53. The number of anilines is 1. The molecule has 0 spiro atoms. The molecule has 0 amide bonds. The van der Waals surface area contributed by atoms with Crippen molar-refractivity contribution >= 4 is 22.6 Å². The van der Waals surface area contributed by atoms with Crippen molar-refractivity contribution in [2.75, 3.05) is 11.9 Å². The maximum Gasteiger partial charge on any atom is 0.358 e. The minimum Gasteiger partial charge on any atom is -0.476 e. The predicted octanol–water partition coefficient (Wildman–Crippen LogP) is 3.10. The van der Waals surface area contributed by atoms with E-state index in [4.69, 9.17) is 0 Å². The second-order valence-electron chi connectivity index (χ2n) is 5.62. The molecule has 1 aliphatic rings. The molecule has 110 valence electrons. The lowest BCUT2D eigenvalue weighted by Gasteiger charge is -2.33. The van der Waals surface area contributed by atoms with Gasteiger partial charge in [0.2, 0.25) is 0 Å². The highest BCUT2D eigenvalue weighted by Crippen LogP contribution is 2.32. The Morgan fingerprint density at radius 2 is 1.90 bits per heavy atom. The lowest BCUT2D eigenvalue weighted by atomic mass is 9.93. The summed E-state index contributed by atoms with van der Waals surface area (Å²) in [5, 5.41) is 18.3. The Bertz CT molecular complexity index is 666. The van der Waals surface area contributed by atoms with Crippen molar-refractivity contribution in [3.8, 4) is 0 Å². The molecule has 1 fully saturated rings. The Morgan fingerprint density at radius 3 is 2.62 bits per heavy atom. The molecule has 5 nitrogen and oxygen atoms in total. The van der Waals surface area contributed by atoms with E-state index in [2.05, 4.69) is 15.1 Å². The summed E-state index contributed by atoms with van der Waals surface area (Å²) in [7, 11) is 1.98. The van der Waals surface area contributed by atoms with Crippen LogP contribution in [0.5, 0.6) is 0 Å². The van der Waals surface area contributed by atoms with E-state index in [1.165, 1.54) is 19.3 Å². The first kappa shape index (κ1) is 13.8. The first-order valence-electron chi connectivity index (χ1n) is 7.40. The van der Waals surface area contributed by atoms with Crippen molar-refractivity contribution in [2.24, 2.45) is 0 Å². The zero-order chi connectivity index (χ0) is 14.8. The summed E-state index contributed by atoms with van der Waals surface area (Å²) in [6.45, 7) is 0. The molecule has 1 aromatic heterocycles. The summed E-state index contributed by atoms with van der Waals surface area (Å²) in [5.41, 5.74) is 1.47. The first-order chi connectivity index (χ1) is 10.2. The van der Waals surface area contributed by atoms with Crippen LogP contribution in [0.4, 0.5) is 5.69 Å². The molecule has 1 saturated carbocycles. The topological polar surface area (TPSA) is 66.3 Å². The van der Waals surface area contributed by atoms with E-state index in [0.717, 1.165) is 23.7 Å². The minimum absolute atomic E-state index is 0.0433. The van der Waals surface area contributed by atoms with Crippen molar-refractivity contribution in [3.05, 3.63) is 30.0 Å². The maximum atomic E-state index is 11.5. The normalized spacial score (nSPS) is 16.0. The van der Waals surface area contributed by atoms with Crippen molar-refractivity contribution in [1.29, 1.82) is 0 Å². The van der Waals surface area contributed by atoms with Gasteiger partial charge in [-0.05, 0) is 18.9 Å². The quantitative estimate of drug-likeness (QED) is 0.938. The molecular formula is C16H19N3O2. The fourth-order valence-electron chi connectivity index (χ4n) is 3.19. The monoisotopic (exact) mass is 285 g/mol. The van der Waals surface area contributed by atoms with E-state index in [1.807, 2.05) is 31.3 Å². The Balaban J connectivity index is 2.13. The highest BCUT2D eigenvalue weighted by Gasteiger charge is 2.25. The Labute approximate surface area is 123 Å². The second-order valence-corrected chi connectivity index (χ2v) is 5.62. The number of hydrogen-bond donors (Lipinski definition) is 1. The van der Waals surface area contributed by atoms with E-state index < -0.39 is 5.97 Å². The summed E-state index contributed by atoms with van der Waals surface area (Å²) < 4.78 is 0. The smallest absolute Gasteiger partial charge is 0.358 e. The van der Waals surface area contributed by atoms with Crippen LogP contribution in [0.25, 0.3) is 10.9 Å². The van der Waals surface area contributed by atoms with Crippen LogP contribution in [0.3, 0.4) is 0 Å². The summed E-state index contributed by atoms with van der Waals surface area (Å²) in [4.78, 5) is 13.6. The van der Waals surface area contributed by atoms with Gasteiger partial charge in [-0.2, -0.15) is 0 Å². The summed E-state index contributed by atoms with van der Waals surface area (Å²) in [5.74, 6) is -1.02. The van der Waals surface area contributed by atoms with E-state index in [9.17, 15) is 9.90 Å². The molecule has 0 aliphatic heterocycles. The van der Waals surface area contributed by atoms with Gasteiger partial charge in [-0.15, -0.1) is 10.2 Å². The lowest BCUT2D eigenvalue weighted by Crippen LogP contribution is -2.35. The zero-order valence-electron chi connectivity index (χ0n) is 12.1. The number of aromatic nitrogens is 2. The second kappa shape index (κ2) is 5.68.